The number of hydrogen-bond donors (Lipinski definition) is 7. The molecule has 0 saturated carbocycles. The standard InChI is InChI=1S/C45H84O14/c1-3-5-7-9-11-13-14-15-16-17-18-19-21-23-25-27-29-54-31-34(57-37(47)28-26-24-22-20-12-10-8-6-4-2)32-55-44-43(53)41(51)39(49)36(59-44)33-56-45-42(52)40(50)38(48)35(30-46)58-45/h15-16,34-36,38-46,48-53H,3-14,17-33H2,1-2H3/b16-15-. The van der Waals surface area contributed by atoms with Crippen molar-refractivity contribution in [2.75, 3.05) is 33.0 Å². The third-order valence-electron chi connectivity index (χ3n) is 11.3. The molecule has 0 radical (unpaired) electrons. The summed E-state index contributed by atoms with van der Waals surface area (Å²) < 4.78 is 34.1. The zero-order chi connectivity index (χ0) is 43.1. The van der Waals surface area contributed by atoms with Crippen LogP contribution in [-0.2, 0) is 33.2 Å². The van der Waals surface area contributed by atoms with E-state index in [1.54, 1.807) is 0 Å². The lowest BCUT2D eigenvalue weighted by molar-refractivity contribution is -0.332. The largest absolute Gasteiger partial charge is 0.457 e. The minimum atomic E-state index is -1.70. The van der Waals surface area contributed by atoms with Crippen LogP contribution in [0.3, 0.4) is 0 Å². The molecule has 59 heavy (non-hydrogen) atoms. The van der Waals surface area contributed by atoms with Crippen LogP contribution in [0, 0.1) is 0 Å². The molecule has 2 aliphatic heterocycles. The second-order valence-corrected chi connectivity index (χ2v) is 16.6. The number of unbranched alkanes of at least 4 members (excludes halogenated alkanes) is 20. The van der Waals surface area contributed by atoms with Crippen LogP contribution in [0.2, 0.25) is 0 Å². The van der Waals surface area contributed by atoms with Crippen molar-refractivity contribution in [1.29, 1.82) is 0 Å². The Morgan fingerprint density at radius 2 is 1.00 bits per heavy atom. The number of aliphatic hydroxyl groups excluding tert-OH is 7. The van der Waals surface area contributed by atoms with Gasteiger partial charge in [0, 0.05) is 13.0 Å². The van der Waals surface area contributed by atoms with Crippen LogP contribution in [-0.4, -0.2) is 142 Å². The molecule has 11 unspecified atom stereocenters. The highest BCUT2D eigenvalue weighted by molar-refractivity contribution is 5.69. The van der Waals surface area contributed by atoms with Gasteiger partial charge >= 0.3 is 5.97 Å². The number of hydrogen-bond acceptors (Lipinski definition) is 14. The van der Waals surface area contributed by atoms with Crippen LogP contribution in [0.4, 0.5) is 0 Å². The monoisotopic (exact) mass is 849 g/mol. The third-order valence-corrected chi connectivity index (χ3v) is 11.3. The number of ether oxygens (including phenoxy) is 6. The van der Waals surface area contributed by atoms with Crippen molar-refractivity contribution >= 4 is 5.97 Å². The van der Waals surface area contributed by atoms with Gasteiger partial charge in [0.1, 0.15) is 54.9 Å². The van der Waals surface area contributed by atoms with Crippen molar-refractivity contribution in [1.82, 2.24) is 0 Å². The molecule has 0 amide bonds. The molecule has 14 nitrogen and oxygen atoms in total. The van der Waals surface area contributed by atoms with Crippen LogP contribution in [0.15, 0.2) is 12.2 Å². The fraction of sp³-hybridized carbons (Fsp3) is 0.933. The van der Waals surface area contributed by atoms with Crippen LogP contribution in [0.1, 0.15) is 168 Å². The quantitative estimate of drug-likeness (QED) is 0.0235. The number of aliphatic hydroxyl groups is 7. The fourth-order valence-electron chi connectivity index (χ4n) is 7.40. The summed E-state index contributed by atoms with van der Waals surface area (Å²) in [5.41, 5.74) is 0. The molecule has 0 aromatic heterocycles. The molecule has 7 N–H and O–H groups in total. The number of allylic oxidation sites excluding steroid dienone is 2. The Balaban J connectivity index is 1.79. The van der Waals surface area contributed by atoms with E-state index in [2.05, 4.69) is 26.0 Å². The van der Waals surface area contributed by atoms with Crippen molar-refractivity contribution in [3.05, 3.63) is 12.2 Å². The van der Waals surface area contributed by atoms with Crippen LogP contribution in [0.25, 0.3) is 0 Å². The Hall–Kier alpha value is -1.27. The van der Waals surface area contributed by atoms with Gasteiger partial charge in [-0.15, -0.1) is 0 Å². The Labute approximate surface area is 354 Å². The lowest BCUT2D eigenvalue weighted by Crippen LogP contribution is -2.61. The van der Waals surface area contributed by atoms with E-state index in [9.17, 15) is 40.5 Å². The molecule has 14 heteroatoms. The number of carbonyl (C=O) groups excluding carboxylic acids is 1. The van der Waals surface area contributed by atoms with Gasteiger partial charge < -0.3 is 64.2 Å². The fourth-order valence-corrected chi connectivity index (χ4v) is 7.40. The molecule has 2 saturated heterocycles. The summed E-state index contributed by atoms with van der Waals surface area (Å²) in [6, 6.07) is 0. The van der Waals surface area contributed by atoms with E-state index < -0.39 is 80.7 Å². The van der Waals surface area contributed by atoms with Gasteiger partial charge in [-0.05, 0) is 38.5 Å². The molecule has 0 aliphatic carbocycles. The van der Waals surface area contributed by atoms with Gasteiger partial charge in [-0.2, -0.15) is 0 Å². The van der Waals surface area contributed by atoms with Crippen molar-refractivity contribution in [2.24, 2.45) is 0 Å². The maximum Gasteiger partial charge on any atom is 0.306 e. The van der Waals surface area contributed by atoms with E-state index in [0.29, 0.717) is 13.0 Å². The van der Waals surface area contributed by atoms with E-state index >= 15 is 0 Å². The molecule has 0 aromatic carbocycles. The first-order valence-corrected chi connectivity index (χ1v) is 23.3. The second kappa shape index (κ2) is 34.2. The second-order valence-electron chi connectivity index (χ2n) is 16.6. The average molecular weight is 849 g/mol. The first-order valence-electron chi connectivity index (χ1n) is 23.3. The highest BCUT2D eigenvalue weighted by Gasteiger charge is 2.47. The first kappa shape index (κ1) is 53.9. The van der Waals surface area contributed by atoms with Gasteiger partial charge in [-0.3, -0.25) is 4.79 Å². The summed E-state index contributed by atoms with van der Waals surface area (Å²) >= 11 is 0. The minimum Gasteiger partial charge on any atom is -0.457 e. The van der Waals surface area contributed by atoms with E-state index in [-0.39, 0.29) is 25.6 Å². The Morgan fingerprint density at radius 3 is 1.54 bits per heavy atom. The summed E-state index contributed by atoms with van der Waals surface area (Å²) in [6.07, 6.45) is 15.8. The number of carbonyl (C=O) groups is 1. The summed E-state index contributed by atoms with van der Waals surface area (Å²) in [7, 11) is 0. The molecule has 0 bridgehead atoms. The van der Waals surface area contributed by atoms with Crippen molar-refractivity contribution < 1.29 is 69.0 Å². The normalized spacial score (nSPS) is 28.0. The number of rotatable bonds is 36. The molecule has 2 heterocycles. The van der Waals surface area contributed by atoms with Crippen molar-refractivity contribution in [3.63, 3.8) is 0 Å². The van der Waals surface area contributed by atoms with Gasteiger partial charge in [-0.25, -0.2) is 0 Å². The van der Waals surface area contributed by atoms with Crippen LogP contribution in [0.5, 0.6) is 0 Å². The molecule has 2 aliphatic rings. The predicted molar refractivity (Wildman–Crippen MR) is 224 cm³/mol. The number of esters is 1. The van der Waals surface area contributed by atoms with Gasteiger partial charge in [0.15, 0.2) is 12.6 Å². The first-order chi connectivity index (χ1) is 28.6. The summed E-state index contributed by atoms with van der Waals surface area (Å²) in [5, 5.41) is 71.8. The van der Waals surface area contributed by atoms with Crippen LogP contribution >= 0.6 is 0 Å². The topological polar surface area (TPSA) is 214 Å². The molecular formula is C45H84O14. The molecule has 0 aromatic rings. The van der Waals surface area contributed by atoms with Crippen LogP contribution < -0.4 is 0 Å². The molecule has 11 atom stereocenters. The summed E-state index contributed by atoms with van der Waals surface area (Å²) in [6.45, 7) is 3.64. The Bertz CT molecular complexity index is 1030. The molecule has 0 spiro atoms. The van der Waals surface area contributed by atoms with Gasteiger partial charge in [0.2, 0.25) is 0 Å². The van der Waals surface area contributed by atoms with Crippen molar-refractivity contribution in [3.8, 4) is 0 Å². The van der Waals surface area contributed by atoms with E-state index in [0.717, 1.165) is 44.9 Å². The average Bonchev–Trinajstić information content (AvgIpc) is 3.23. The van der Waals surface area contributed by atoms with E-state index in [1.807, 2.05) is 0 Å². The van der Waals surface area contributed by atoms with E-state index in [1.165, 1.54) is 96.3 Å². The van der Waals surface area contributed by atoms with Gasteiger partial charge in [0.05, 0.1) is 26.4 Å². The zero-order valence-corrected chi connectivity index (χ0v) is 36.5. The maximum absolute atomic E-state index is 12.9. The predicted octanol–water partition coefficient (Wildman–Crippen LogP) is 5.51. The molecule has 2 fully saturated rings. The van der Waals surface area contributed by atoms with Gasteiger partial charge in [0.25, 0.3) is 0 Å². The summed E-state index contributed by atoms with van der Waals surface area (Å²) in [4.78, 5) is 12.9. The Morgan fingerprint density at radius 1 is 0.542 bits per heavy atom. The van der Waals surface area contributed by atoms with Gasteiger partial charge in [-0.1, -0.05) is 135 Å². The smallest absolute Gasteiger partial charge is 0.306 e. The third kappa shape index (κ3) is 23.1. The minimum absolute atomic E-state index is 0.0617. The SMILES string of the molecule is CCCCCCCC/C=C\CCCCCCCCOCC(COC1OC(COC2OC(CO)C(O)C(O)C2O)C(O)C(O)C1O)OC(=O)CCCCCCCCCCC. The lowest BCUT2D eigenvalue weighted by atomic mass is 9.98. The lowest BCUT2D eigenvalue weighted by Gasteiger charge is -2.42. The zero-order valence-electron chi connectivity index (χ0n) is 36.5. The summed E-state index contributed by atoms with van der Waals surface area (Å²) in [5.74, 6) is -0.381. The highest BCUT2D eigenvalue weighted by Crippen LogP contribution is 2.26. The molecular weight excluding hydrogens is 764 g/mol. The molecule has 2 rings (SSSR count). The van der Waals surface area contributed by atoms with E-state index in [4.69, 9.17) is 28.4 Å². The maximum atomic E-state index is 12.9. The molecule has 348 valence electrons. The highest BCUT2D eigenvalue weighted by atomic mass is 16.7. The Kier molecular flexibility index (Phi) is 31.3. The van der Waals surface area contributed by atoms with Crippen molar-refractivity contribution in [2.45, 2.75) is 235 Å².